The maximum atomic E-state index is 9.77. The average molecular weight is 314 g/mol. The second-order valence-electron chi connectivity index (χ2n) is 5.78. The molecule has 0 atom stereocenters. The number of fused-ring (bicyclic) bond motifs is 1. The Hall–Kier alpha value is -1.79. The Kier molecular flexibility index (Phi) is 3.63. The maximum absolute atomic E-state index is 9.77. The fourth-order valence-electron chi connectivity index (χ4n) is 3.20. The number of aliphatic hydroxyl groups is 1. The predicted molar refractivity (Wildman–Crippen MR) is 85.8 cm³/mol. The molecule has 6 heteroatoms. The summed E-state index contributed by atoms with van der Waals surface area (Å²) < 4.78 is 1.82. The molecule has 0 amide bonds. The summed E-state index contributed by atoms with van der Waals surface area (Å²) in [5, 5.41) is 15.7. The lowest BCUT2D eigenvalue weighted by molar-refractivity contribution is 0.274. The van der Waals surface area contributed by atoms with Gasteiger partial charge in [0.15, 0.2) is 0 Å². The van der Waals surface area contributed by atoms with Gasteiger partial charge in [0, 0.05) is 23.9 Å². The smallest absolute Gasteiger partial charge is 0.213 e. The molecule has 3 aromatic rings. The Labute approximate surface area is 132 Å². The third-order valence-corrected chi connectivity index (χ3v) is 5.42. The molecule has 22 heavy (non-hydrogen) atoms. The van der Waals surface area contributed by atoms with Gasteiger partial charge < -0.3 is 5.11 Å². The molecule has 1 fully saturated rings. The minimum absolute atomic E-state index is 0.0702. The van der Waals surface area contributed by atoms with Gasteiger partial charge >= 0.3 is 0 Å². The molecule has 114 valence electrons. The quantitative estimate of drug-likeness (QED) is 0.805. The van der Waals surface area contributed by atoms with Crippen molar-refractivity contribution in [3.63, 3.8) is 0 Å². The fraction of sp³-hybridized carbons (Fsp3) is 0.438. The first-order chi connectivity index (χ1) is 10.9. The van der Waals surface area contributed by atoms with E-state index in [1.165, 1.54) is 32.1 Å². The second kappa shape index (κ2) is 5.78. The SMILES string of the molecule is OCc1c(-c2cccnc2)nc2sc(C3CCCCC3)nn12. The van der Waals surface area contributed by atoms with Gasteiger partial charge in [-0.2, -0.15) is 5.10 Å². The highest BCUT2D eigenvalue weighted by Gasteiger charge is 2.23. The summed E-state index contributed by atoms with van der Waals surface area (Å²) in [7, 11) is 0. The molecule has 0 bridgehead atoms. The van der Waals surface area contributed by atoms with Crippen LogP contribution in [0.15, 0.2) is 24.5 Å². The van der Waals surface area contributed by atoms with Crippen LogP contribution in [0.1, 0.15) is 48.7 Å². The van der Waals surface area contributed by atoms with Crippen LogP contribution in [-0.2, 0) is 6.61 Å². The number of nitrogens with zero attached hydrogens (tertiary/aromatic N) is 4. The highest BCUT2D eigenvalue weighted by atomic mass is 32.1. The molecular formula is C16H18N4OS. The minimum Gasteiger partial charge on any atom is -0.390 e. The first-order valence-corrected chi connectivity index (χ1v) is 8.58. The molecule has 0 aliphatic heterocycles. The van der Waals surface area contributed by atoms with Crippen LogP contribution in [-0.4, -0.2) is 24.7 Å². The van der Waals surface area contributed by atoms with E-state index in [2.05, 4.69) is 9.97 Å². The molecular weight excluding hydrogens is 296 g/mol. The van der Waals surface area contributed by atoms with E-state index in [-0.39, 0.29) is 6.61 Å². The molecule has 1 saturated carbocycles. The normalized spacial score (nSPS) is 16.4. The van der Waals surface area contributed by atoms with E-state index < -0.39 is 0 Å². The van der Waals surface area contributed by atoms with Gasteiger partial charge in [-0.25, -0.2) is 9.50 Å². The van der Waals surface area contributed by atoms with Crippen LogP contribution in [0.2, 0.25) is 0 Å². The summed E-state index contributed by atoms with van der Waals surface area (Å²) in [6.45, 7) is -0.0702. The summed E-state index contributed by atoms with van der Waals surface area (Å²) in [5.41, 5.74) is 2.45. The lowest BCUT2D eigenvalue weighted by Crippen LogP contribution is -2.05. The average Bonchev–Trinajstić information content (AvgIpc) is 3.14. The van der Waals surface area contributed by atoms with Gasteiger partial charge in [0.05, 0.1) is 18.0 Å². The van der Waals surface area contributed by atoms with Gasteiger partial charge in [-0.15, -0.1) is 0 Å². The van der Waals surface area contributed by atoms with E-state index in [4.69, 9.17) is 5.10 Å². The Morgan fingerprint density at radius 3 is 2.86 bits per heavy atom. The zero-order valence-corrected chi connectivity index (χ0v) is 13.1. The maximum Gasteiger partial charge on any atom is 0.213 e. The van der Waals surface area contributed by atoms with E-state index in [1.54, 1.807) is 23.7 Å². The molecule has 4 rings (SSSR count). The van der Waals surface area contributed by atoms with Gasteiger partial charge in [0.2, 0.25) is 4.96 Å². The fourth-order valence-corrected chi connectivity index (χ4v) is 4.28. The molecule has 3 aromatic heterocycles. The number of rotatable bonds is 3. The van der Waals surface area contributed by atoms with Crippen molar-refractivity contribution in [1.29, 1.82) is 0 Å². The number of pyridine rings is 1. The van der Waals surface area contributed by atoms with E-state index in [1.807, 2.05) is 16.6 Å². The molecule has 1 aliphatic rings. The Bertz CT molecular complexity index is 774. The number of imidazole rings is 1. The van der Waals surface area contributed by atoms with Gasteiger partial charge in [-0.1, -0.05) is 30.6 Å². The summed E-state index contributed by atoms with van der Waals surface area (Å²) in [4.78, 5) is 9.69. The second-order valence-corrected chi connectivity index (χ2v) is 6.76. The topological polar surface area (TPSA) is 63.3 Å². The van der Waals surface area contributed by atoms with Gasteiger partial charge in [-0.05, 0) is 25.0 Å². The standard InChI is InChI=1S/C16H18N4OS/c21-10-13-14(12-7-4-8-17-9-12)18-16-20(13)19-15(22-16)11-5-2-1-3-6-11/h4,7-9,11,21H,1-3,5-6,10H2. The van der Waals surface area contributed by atoms with Crippen LogP contribution in [0.4, 0.5) is 0 Å². The monoisotopic (exact) mass is 314 g/mol. The molecule has 1 aliphatic carbocycles. The molecule has 0 aromatic carbocycles. The van der Waals surface area contributed by atoms with Crippen molar-refractivity contribution >= 4 is 16.3 Å². The largest absolute Gasteiger partial charge is 0.390 e. The van der Waals surface area contributed by atoms with E-state index in [9.17, 15) is 5.11 Å². The molecule has 1 N–H and O–H groups in total. The third kappa shape index (κ3) is 2.32. The Morgan fingerprint density at radius 1 is 1.27 bits per heavy atom. The van der Waals surface area contributed by atoms with Gasteiger partial charge in [0.25, 0.3) is 0 Å². The lowest BCUT2D eigenvalue weighted by atomic mass is 9.90. The van der Waals surface area contributed by atoms with E-state index >= 15 is 0 Å². The highest BCUT2D eigenvalue weighted by Crippen LogP contribution is 2.36. The lowest BCUT2D eigenvalue weighted by Gasteiger charge is -2.18. The van der Waals surface area contributed by atoms with Crippen LogP contribution >= 0.6 is 11.3 Å². The van der Waals surface area contributed by atoms with Crippen LogP contribution in [0, 0.1) is 0 Å². The predicted octanol–water partition coefficient (Wildman–Crippen LogP) is 3.39. The first-order valence-electron chi connectivity index (χ1n) is 7.76. The zero-order chi connectivity index (χ0) is 14.9. The van der Waals surface area contributed by atoms with Crippen molar-refractivity contribution in [2.24, 2.45) is 0 Å². The van der Waals surface area contributed by atoms with Crippen molar-refractivity contribution in [2.75, 3.05) is 0 Å². The Morgan fingerprint density at radius 2 is 2.14 bits per heavy atom. The Balaban J connectivity index is 1.77. The van der Waals surface area contributed by atoms with Crippen molar-refractivity contribution in [2.45, 2.75) is 44.6 Å². The molecule has 0 spiro atoms. The van der Waals surface area contributed by atoms with Crippen molar-refractivity contribution < 1.29 is 5.11 Å². The summed E-state index contributed by atoms with van der Waals surface area (Å²) in [5.74, 6) is 0.564. The third-order valence-electron chi connectivity index (χ3n) is 4.35. The molecule has 0 radical (unpaired) electrons. The number of hydrogen-bond donors (Lipinski definition) is 1. The molecule has 0 saturated heterocycles. The number of aromatic nitrogens is 4. The first kappa shape index (κ1) is 13.8. The van der Waals surface area contributed by atoms with Crippen molar-refractivity contribution in [1.82, 2.24) is 19.6 Å². The van der Waals surface area contributed by atoms with E-state index in [0.29, 0.717) is 5.92 Å². The molecule has 5 nitrogen and oxygen atoms in total. The molecule has 0 unspecified atom stereocenters. The summed E-state index contributed by atoms with van der Waals surface area (Å²) >= 11 is 1.66. The van der Waals surface area contributed by atoms with Crippen molar-refractivity contribution in [3.8, 4) is 11.3 Å². The number of aliphatic hydroxyl groups excluding tert-OH is 1. The molecule has 3 heterocycles. The van der Waals surface area contributed by atoms with Gasteiger partial charge in [-0.3, -0.25) is 4.98 Å². The summed E-state index contributed by atoms with van der Waals surface area (Å²) in [6.07, 6.45) is 9.88. The van der Waals surface area contributed by atoms with E-state index in [0.717, 1.165) is 26.9 Å². The highest BCUT2D eigenvalue weighted by molar-refractivity contribution is 7.16. The summed E-state index contributed by atoms with van der Waals surface area (Å²) in [6, 6.07) is 3.84. The van der Waals surface area contributed by atoms with Crippen LogP contribution in [0.25, 0.3) is 16.2 Å². The van der Waals surface area contributed by atoms with Crippen LogP contribution in [0.5, 0.6) is 0 Å². The van der Waals surface area contributed by atoms with Crippen LogP contribution < -0.4 is 0 Å². The van der Waals surface area contributed by atoms with Crippen LogP contribution in [0.3, 0.4) is 0 Å². The zero-order valence-electron chi connectivity index (χ0n) is 12.3. The number of hydrogen-bond acceptors (Lipinski definition) is 5. The van der Waals surface area contributed by atoms with Crippen molar-refractivity contribution in [3.05, 3.63) is 35.2 Å². The minimum atomic E-state index is -0.0702. The van der Waals surface area contributed by atoms with Gasteiger partial charge in [0.1, 0.15) is 5.01 Å².